The van der Waals surface area contributed by atoms with Crippen molar-refractivity contribution < 1.29 is 17.6 Å². The summed E-state index contributed by atoms with van der Waals surface area (Å²) in [5.74, 6) is 0.448. The zero-order valence-corrected chi connectivity index (χ0v) is 18.8. The summed E-state index contributed by atoms with van der Waals surface area (Å²) in [7, 11) is -3.78. The second-order valence-corrected chi connectivity index (χ2v) is 8.90. The molecule has 0 atom stereocenters. The van der Waals surface area contributed by atoms with Gasteiger partial charge in [-0.1, -0.05) is 29.3 Å². The Morgan fingerprint density at radius 1 is 1.06 bits per heavy atom. The van der Waals surface area contributed by atoms with Crippen LogP contribution in [-0.4, -0.2) is 19.4 Å². The Bertz CT molecular complexity index is 1270. The molecule has 31 heavy (non-hydrogen) atoms. The molecule has 1 amide bonds. The topological polar surface area (TPSA) is 114 Å². The van der Waals surface area contributed by atoms with Crippen molar-refractivity contribution in [3.63, 3.8) is 0 Å². The van der Waals surface area contributed by atoms with E-state index in [4.69, 9.17) is 45.0 Å². The zero-order chi connectivity index (χ0) is 22.6. The molecule has 3 rings (SSSR count). The number of rotatable bonds is 5. The Morgan fingerprint density at radius 2 is 1.77 bits per heavy atom. The largest absolute Gasteiger partial charge is 0.457 e. The predicted molar refractivity (Wildman–Crippen MR) is 125 cm³/mol. The smallest absolute Gasteiger partial charge is 0.250 e. The number of hydrogen-bond acceptors (Lipinski definition) is 5. The summed E-state index contributed by atoms with van der Waals surface area (Å²) in [4.78, 5) is 12.0. The summed E-state index contributed by atoms with van der Waals surface area (Å²) in [5, 5.41) is 11.1. The van der Waals surface area contributed by atoms with Gasteiger partial charge in [0.05, 0.1) is 14.9 Å². The van der Waals surface area contributed by atoms with Gasteiger partial charge in [0.2, 0.25) is 15.9 Å². The number of sulfonamides is 1. The van der Waals surface area contributed by atoms with Gasteiger partial charge in [0.15, 0.2) is 5.11 Å². The number of primary sulfonamides is 1. The molecule has 0 aliphatic rings. The quantitative estimate of drug-likeness (QED) is 0.356. The first-order valence-electron chi connectivity index (χ1n) is 8.60. The number of benzene rings is 2. The molecule has 3 aromatic rings. The predicted octanol–water partition coefficient (Wildman–Crippen LogP) is 4.43. The highest BCUT2D eigenvalue weighted by molar-refractivity contribution is 7.89. The molecule has 160 valence electrons. The lowest BCUT2D eigenvalue weighted by Gasteiger charge is -2.08. The van der Waals surface area contributed by atoms with Gasteiger partial charge in [-0.3, -0.25) is 10.1 Å². The van der Waals surface area contributed by atoms with Crippen LogP contribution in [0.2, 0.25) is 10.0 Å². The Labute approximate surface area is 193 Å². The minimum Gasteiger partial charge on any atom is -0.457 e. The van der Waals surface area contributed by atoms with Crippen LogP contribution < -0.4 is 15.8 Å². The third kappa shape index (κ3) is 6.16. The number of nitrogens with two attached hydrogens (primary N) is 1. The first-order valence-corrected chi connectivity index (χ1v) is 11.3. The fourth-order valence-electron chi connectivity index (χ4n) is 2.48. The van der Waals surface area contributed by atoms with E-state index in [1.807, 2.05) is 0 Å². The molecule has 7 nitrogen and oxygen atoms in total. The van der Waals surface area contributed by atoms with Crippen molar-refractivity contribution in [2.45, 2.75) is 4.90 Å². The molecule has 1 aromatic heterocycles. The molecule has 0 saturated carbocycles. The van der Waals surface area contributed by atoms with E-state index >= 15 is 0 Å². The average Bonchev–Trinajstić information content (AvgIpc) is 3.17. The van der Waals surface area contributed by atoms with Gasteiger partial charge in [-0.15, -0.1) is 0 Å². The van der Waals surface area contributed by atoms with E-state index in [0.29, 0.717) is 32.8 Å². The van der Waals surface area contributed by atoms with Crippen molar-refractivity contribution in [2.24, 2.45) is 5.14 Å². The van der Waals surface area contributed by atoms with Crippen molar-refractivity contribution in [3.8, 4) is 11.3 Å². The summed E-state index contributed by atoms with van der Waals surface area (Å²) in [6, 6.07) is 14.2. The van der Waals surface area contributed by atoms with Crippen LogP contribution in [0.15, 0.2) is 70.0 Å². The lowest BCUT2D eigenvalue weighted by atomic mass is 10.2. The first kappa shape index (κ1) is 23.0. The van der Waals surface area contributed by atoms with Crippen LogP contribution in [0.4, 0.5) is 5.69 Å². The lowest BCUT2D eigenvalue weighted by Crippen LogP contribution is -2.32. The monoisotopic (exact) mass is 495 g/mol. The normalized spacial score (nSPS) is 11.5. The number of halogens is 2. The van der Waals surface area contributed by atoms with Crippen LogP contribution in [0.5, 0.6) is 0 Å². The number of furan rings is 1. The molecule has 0 aliphatic heterocycles. The van der Waals surface area contributed by atoms with Gasteiger partial charge in [0.1, 0.15) is 11.5 Å². The standard InChI is InChI=1S/C20H15Cl2N3O4S2/c21-16-3-1-2-15(19(16)22)17-10-6-13(29-17)7-11-18(26)25-20(30)24-12-4-8-14(9-5-12)31(23,27)28/h1-11H,(H2,23,27,28)(H2,24,25,26,30). The maximum atomic E-state index is 12.1. The summed E-state index contributed by atoms with van der Waals surface area (Å²) < 4.78 is 28.2. The van der Waals surface area contributed by atoms with Crippen LogP contribution in [0.3, 0.4) is 0 Å². The van der Waals surface area contributed by atoms with E-state index < -0.39 is 15.9 Å². The van der Waals surface area contributed by atoms with Crippen LogP contribution >= 0.6 is 35.4 Å². The summed E-state index contributed by atoms with van der Waals surface area (Å²) >= 11 is 17.3. The Morgan fingerprint density at radius 3 is 2.45 bits per heavy atom. The van der Waals surface area contributed by atoms with Gasteiger partial charge in [0.25, 0.3) is 0 Å². The zero-order valence-electron chi connectivity index (χ0n) is 15.6. The van der Waals surface area contributed by atoms with Gasteiger partial charge in [-0.25, -0.2) is 13.6 Å². The third-order valence-electron chi connectivity index (χ3n) is 3.92. The number of hydrogen-bond donors (Lipinski definition) is 3. The molecule has 0 radical (unpaired) electrons. The molecule has 0 fully saturated rings. The van der Waals surface area contributed by atoms with Gasteiger partial charge in [-0.05, 0) is 66.8 Å². The van der Waals surface area contributed by atoms with E-state index in [0.717, 1.165) is 0 Å². The third-order valence-corrected chi connectivity index (χ3v) is 5.87. The Kier molecular flexibility index (Phi) is 7.14. The van der Waals surface area contributed by atoms with Crippen LogP contribution in [0, 0.1) is 0 Å². The van der Waals surface area contributed by atoms with E-state index in [9.17, 15) is 13.2 Å². The van der Waals surface area contributed by atoms with E-state index in [2.05, 4.69) is 10.6 Å². The number of carbonyl (C=O) groups excluding carboxylic acids is 1. The van der Waals surface area contributed by atoms with Gasteiger partial charge >= 0.3 is 0 Å². The lowest BCUT2D eigenvalue weighted by molar-refractivity contribution is -0.115. The molecule has 0 aliphatic carbocycles. The molecule has 4 N–H and O–H groups in total. The van der Waals surface area contributed by atoms with Crippen molar-refractivity contribution >= 4 is 68.2 Å². The first-order chi connectivity index (χ1) is 14.6. The molecule has 0 unspecified atom stereocenters. The van der Waals surface area contributed by atoms with Crippen LogP contribution in [0.1, 0.15) is 5.76 Å². The summed E-state index contributed by atoms with van der Waals surface area (Å²) in [5.41, 5.74) is 1.12. The van der Waals surface area contributed by atoms with Crippen molar-refractivity contribution in [2.75, 3.05) is 5.32 Å². The molecule has 2 aromatic carbocycles. The molecular weight excluding hydrogens is 481 g/mol. The fraction of sp³-hybridized carbons (Fsp3) is 0. The second-order valence-electron chi connectivity index (χ2n) is 6.15. The number of amides is 1. The average molecular weight is 496 g/mol. The second kappa shape index (κ2) is 9.63. The molecular formula is C20H15Cl2N3O4S2. The molecule has 0 spiro atoms. The van der Waals surface area contributed by atoms with Crippen LogP contribution in [0.25, 0.3) is 17.4 Å². The van der Waals surface area contributed by atoms with Crippen molar-refractivity contribution in [1.29, 1.82) is 0 Å². The van der Waals surface area contributed by atoms with Gasteiger partial charge in [-0.2, -0.15) is 0 Å². The van der Waals surface area contributed by atoms with Crippen LogP contribution in [-0.2, 0) is 14.8 Å². The van der Waals surface area contributed by atoms with E-state index in [-0.39, 0.29) is 10.0 Å². The van der Waals surface area contributed by atoms with Gasteiger partial charge in [0, 0.05) is 17.3 Å². The highest BCUT2D eigenvalue weighted by Gasteiger charge is 2.11. The fourth-order valence-corrected chi connectivity index (χ4v) is 3.61. The van der Waals surface area contributed by atoms with Crippen molar-refractivity contribution in [1.82, 2.24) is 5.32 Å². The molecule has 0 bridgehead atoms. The summed E-state index contributed by atoms with van der Waals surface area (Å²) in [6.45, 7) is 0. The van der Waals surface area contributed by atoms with Crippen molar-refractivity contribution in [3.05, 3.63) is 76.5 Å². The number of anilines is 1. The number of nitrogens with one attached hydrogen (secondary N) is 2. The Balaban J connectivity index is 1.59. The number of carbonyl (C=O) groups is 1. The molecule has 0 saturated heterocycles. The maximum absolute atomic E-state index is 12.1. The van der Waals surface area contributed by atoms with Gasteiger partial charge < -0.3 is 9.73 Å². The SMILES string of the molecule is NS(=O)(=O)c1ccc(NC(=S)NC(=O)C=Cc2ccc(-c3cccc(Cl)c3Cl)o2)cc1. The number of thiocarbonyl (C=S) groups is 1. The highest BCUT2D eigenvalue weighted by Crippen LogP contribution is 2.34. The molecule has 11 heteroatoms. The minimum atomic E-state index is -3.78. The maximum Gasteiger partial charge on any atom is 0.250 e. The van der Waals surface area contributed by atoms with E-state index in [1.54, 1.807) is 30.3 Å². The summed E-state index contributed by atoms with van der Waals surface area (Å²) in [6.07, 6.45) is 2.72. The minimum absolute atomic E-state index is 0.0313. The Hall–Kier alpha value is -2.69. The highest BCUT2D eigenvalue weighted by atomic mass is 35.5. The van der Waals surface area contributed by atoms with E-state index in [1.165, 1.54) is 36.4 Å². The molecule has 1 heterocycles.